The number of nitrogens with one attached hydrogen (secondary N) is 2. The number of fused-ring (bicyclic) bond motifs is 1. The lowest BCUT2D eigenvalue weighted by Crippen LogP contribution is -2.31. The average molecular weight is 278 g/mol. The van der Waals surface area contributed by atoms with Gasteiger partial charge in [-0.15, -0.1) is 0 Å². The van der Waals surface area contributed by atoms with Crippen LogP contribution in [-0.2, 0) is 16.0 Å². The van der Waals surface area contributed by atoms with Crippen molar-refractivity contribution >= 4 is 5.91 Å². The molecule has 2 rings (SSSR count). The van der Waals surface area contributed by atoms with E-state index in [0.717, 1.165) is 18.6 Å². The predicted molar refractivity (Wildman–Crippen MR) is 76.9 cm³/mol. The maximum absolute atomic E-state index is 11.6. The first-order chi connectivity index (χ1) is 9.76. The Morgan fingerprint density at radius 3 is 3.05 bits per heavy atom. The molecule has 20 heavy (non-hydrogen) atoms. The molecule has 0 fully saturated rings. The van der Waals surface area contributed by atoms with Gasteiger partial charge in [0.05, 0.1) is 6.61 Å². The Kier molecular flexibility index (Phi) is 5.38. The van der Waals surface area contributed by atoms with Gasteiger partial charge in [-0.1, -0.05) is 12.1 Å². The third-order valence-corrected chi connectivity index (χ3v) is 3.56. The highest BCUT2D eigenvalue weighted by molar-refractivity contribution is 5.77. The lowest BCUT2D eigenvalue weighted by molar-refractivity contribution is -0.123. The van der Waals surface area contributed by atoms with Crippen molar-refractivity contribution in [3.05, 3.63) is 29.3 Å². The van der Waals surface area contributed by atoms with Gasteiger partial charge in [-0.2, -0.15) is 0 Å². The van der Waals surface area contributed by atoms with E-state index in [1.807, 2.05) is 19.2 Å². The molecule has 0 aliphatic heterocycles. The van der Waals surface area contributed by atoms with E-state index in [1.165, 1.54) is 11.1 Å². The molecule has 110 valence electrons. The second kappa shape index (κ2) is 7.26. The van der Waals surface area contributed by atoms with Crippen LogP contribution < -0.4 is 15.4 Å². The van der Waals surface area contributed by atoms with Crippen LogP contribution in [0.1, 0.15) is 23.6 Å². The Morgan fingerprint density at radius 1 is 1.45 bits per heavy atom. The Morgan fingerprint density at radius 2 is 2.30 bits per heavy atom. The van der Waals surface area contributed by atoms with Gasteiger partial charge in [0.25, 0.3) is 5.91 Å². The first-order valence-corrected chi connectivity index (χ1v) is 6.93. The highest BCUT2D eigenvalue weighted by atomic mass is 16.5. The monoisotopic (exact) mass is 278 g/mol. The summed E-state index contributed by atoms with van der Waals surface area (Å²) in [6, 6.07) is 6.42. The molecule has 1 aliphatic rings. The largest absolute Gasteiger partial charge is 0.483 e. The van der Waals surface area contributed by atoms with Crippen molar-refractivity contribution in [3.8, 4) is 5.75 Å². The standard InChI is InChI=1S/C15H22N2O3/c1-16-13-7-6-12-11(13)4-3-5-14(12)20-10-15(18)17-8-9-19-2/h3-5,13,16H,6-10H2,1-2H3,(H,17,18). The van der Waals surface area contributed by atoms with Crippen LogP contribution in [0.5, 0.6) is 5.75 Å². The number of ether oxygens (including phenoxy) is 2. The van der Waals surface area contributed by atoms with Crippen LogP contribution in [0.25, 0.3) is 0 Å². The van der Waals surface area contributed by atoms with Crippen molar-refractivity contribution in [2.24, 2.45) is 0 Å². The summed E-state index contributed by atoms with van der Waals surface area (Å²) < 4.78 is 10.5. The van der Waals surface area contributed by atoms with Crippen molar-refractivity contribution in [1.82, 2.24) is 10.6 Å². The van der Waals surface area contributed by atoms with Gasteiger partial charge >= 0.3 is 0 Å². The summed E-state index contributed by atoms with van der Waals surface area (Å²) in [4.78, 5) is 11.6. The maximum Gasteiger partial charge on any atom is 0.258 e. The molecule has 0 bridgehead atoms. The molecule has 0 heterocycles. The van der Waals surface area contributed by atoms with Crippen LogP contribution in [0.3, 0.4) is 0 Å². The molecular weight excluding hydrogens is 256 g/mol. The number of hydrogen-bond acceptors (Lipinski definition) is 4. The minimum Gasteiger partial charge on any atom is -0.483 e. The summed E-state index contributed by atoms with van der Waals surface area (Å²) in [6.07, 6.45) is 2.06. The number of carbonyl (C=O) groups excluding carboxylic acids is 1. The summed E-state index contributed by atoms with van der Waals surface area (Å²) in [5.74, 6) is 0.699. The zero-order valence-corrected chi connectivity index (χ0v) is 12.1. The maximum atomic E-state index is 11.6. The molecule has 0 saturated heterocycles. The normalized spacial score (nSPS) is 16.8. The lowest BCUT2D eigenvalue weighted by atomic mass is 10.1. The van der Waals surface area contributed by atoms with Crippen LogP contribution in [0.15, 0.2) is 18.2 Å². The molecule has 5 nitrogen and oxygen atoms in total. The Hall–Kier alpha value is -1.59. The lowest BCUT2D eigenvalue weighted by Gasteiger charge is -2.13. The van der Waals surface area contributed by atoms with E-state index < -0.39 is 0 Å². The molecule has 1 aromatic rings. The van der Waals surface area contributed by atoms with Gasteiger partial charge in [0.1, 0.15) is 5.75 Å². The number of carbonyl (C=O) groups is 1. The molecule has 0 saturated carbocycles. The van der Waals surface area contributed by atoms with Crippen molar-refractivity contribution in [2.45, 2.75) is 18.9 Å². The Bertz CT molecular complexity index is 462. The van der Waals surface area contributed by atoms with E-state index in [1.54, 1.807) is 7.11 Å². The van der Waals surface area contributed by atoms with E-state index in [2.05, 4.69) is 16.7 Å². The third kappa shape index (κ3) is 3.49. The van der Waals surface area contributed by atoms with Crippen LogP contribution in [0.2, 0.25) is 0 Å². The Labute approximate surface area is 119 Å². The molecule has 1 aliphatic carbocycles. The molecule has 0 spiro atoms. The van der Waals surface area contributed by atoms with Crippen LogP contribution in [-0.4, -0.2) is 39.8 Å². The average Bonchev–Trinajstić information content (AvgIpc) is 2.89. The van der Waals surface area contributed by atoms with E-state index in [0.29, 0.717) is 19.2 Å². The molecular formula is C15H22N2O3. The van der Waals surface area contributed by atoms with Gasteiger partial charge in [-0.25, -0.2) is 0 Å². The van der Waals surface area contributed by atoms with Gasteiger partial charge in [-0.3, -0.25) is 4.79 Å². The van der Waals surface area contributed by atoms with E-state index >= 15 is 0 Å². The number of rotatable bonds is 7. The zero-order chi connectivity index (χ0) is 14.4. The van der Waals surface area contributed by atoms with Crippen LogP contribution in [0, 0.1) is 0 Å². The summed E-state index contributed by atoms with van der Waals surface area (Å²) in [5, 5.41) is 6.04. The molecule has 2 N–H and O–H groups in total. The minimum atomic E-state index is -0.122. The molecule has 1 aromatic carbocycles. The second-order valence-electron chi connectivity index (χ2n) is 4.84. The van der Waals surface area contributed by atoms with Gasteiger partial charge < -0.3 is 20.1 Å². The van der Waals surface area contributed by atoms with Gasteiger partial charge in [0.2, 0.25) is 0 Å². The summed E-state index contributed by atoms with van der Waals surface area (Å²) in [7, 11) is 3.57. The molecule has 5 heteroatoms. The first kappa shape index (κ1) is 14.8. The highest BCUT2D eigenvalue weighted by Gasteiger charge is 2.23. The van der Waals surface area contributed by atoms with Crippen molar-refractivity contribution < 1.29 is 14.3 Å². The number of benzene rings is 1. The zero-order valence-electron chi connectivity index (χ0n) is 12.1. The SMILES string of the molecule is CNC1CCc2c(OCC(=O)NCCOC)cccc21. The highest BCUT2D eigenvalue weighted by Crippen LogP contribution is 2.36. The number of methoxy groups -OCH3 is 1. The quantitative estimate of drug-likeness (QED) is 0.732. The summed E-state index contributed by atoms with van der Waals surface area (Å²) in [6.45, 7) is 1.06. The fourth-order valence-corrected chi connectivity index (χ4v) is 2.54. The van der Waals surface area contributed by atoms with Gasteiger partial charge in [0.15, 0.2) is 6.61 Å². The number of amides is 1. The molecule has 1 atom stereocenters. The minimum absolute atomic E-state index is 0.0460. The topological polar surface area (TPSA) is 59.6 Å². The fraction of sp³-hybridized carbons (Fsp3) is 0.533. The molecule has 1 amide bonds. The van der Waals surface area contributed by atoms with Crippen molar-refractivity contribution in [1.29, 1.82) is 0 Å². The fourth-order valence-electron chi connectivity index (χ4n) is 2.54. The van der Waals surface area contributed by atoms with Gasteiger partial charge in [0, 0.05) is 19.7 Å². The molecule has 1 unspecified atom stereocenters. The van der Waals surface area contributed by atoms with Crippen molar-refractivity contribution in [2.75, 3.05) is 33.9 Å². The predicted octanol–water partition coefficient (Wildman–Crippen LogP) is 1.03. The van der Waals surface area contributed by atoms with E-state index in [-0.39, 0.29) is 12.5 Å². The molecule has 0 radical (unpaired) electrons. The number of hydrogen-bond donors (Lipinski definition) is 2. The first-order valence-electron chi connectivity index (χ1n) is 6.93. The van der Waals surface area contributed by atoms with Crippen molar-refractivity contribution in [3.63, 3.8) is 0 Å². The Balaban J connectivity index is 1.91. The van der Waals surface area contributed by atoms with E-state index in [9.17, 15) is 4.79 Å². The summed E-state index contributed by atoms with van der Waals surface area (Å²) in [5.41, 5.74) is 2.50. The summed E-state index contributed by atoms with van der Waals surface area (Å²) >= 11 is 0. The van der Waals surface area contributed by atoms with Crippen LogP contribution in [0.4, 0.5) is 0 Å². The third-order valence-electron chi connectivity index (χ3n) is 3.56. The van der Waals surface area contributed by atoms with Gasteiger partial charge in [-0.05, 0) is 37.1 Å². The second-order valence-corrected chi connectivity index (χ2v) is 4.84. The van der Waals surface area contributed by atoms with E-state index in [4.69, 9.17) is 9.47 Å². The molecule has 0 aromatic heterocycles. The van der Waals surface area contributed by atoms with Crippen LogP contribution >= 0.6 is 0 Å². The smallest absolute Gasteiger partial charge is 0.258 e.